The van der Waals surface area contributed by atoms with Gasteiger partial charge >= 0.3 is 6.03 Å². The normalized spacial score (nSPS) is 12.2. The van der Waals surface area contributed by atoms with Gasteiger partial charge in [0.05, 0.1) is 16.8 Å². The molecule has 0 heterocycles. The Hall–Kier alpha value is -2.96. The maximum atomic E-state index is 13.2. The van der Waals surface area contributed by atoms with E-state index in [4.69, 9.17) is 11.6 Å². The van der Waals surface area contributed by atoms with Crippen molar-refractivity contribution in [1.82, 2.24) is 0 Å². The summed E-state index contributed by atoms with van der Waals surface area (Å²) >= 11 is 9.26. The van der Waals surface area contributed by atoms with E-state index in [0.29, 0.717) is 37.6 Å². The van der Waals surface area contributed by atoms with Crippen LogP contribution in [0.2, 0.25) is 5.02 Å². The minimum Gasteiger partial charge on any atom is -0.308 e. The highest BCUT2D eigenvalue weighted by Gasteiger charge is 2.34. The van der Waals surface area contributed by atoms with Crippen molar-refractivity contribution in [1.29, 1.82) is 0 Å². The minimum absolute atomic E-state index is 0.187. The van der Waals surface area contributed by atoms with Gasteiger partial charge in [0, 0.05) is 26.3 Å². The highest BCUT2D eigenvalue weighted by atomic mass is 79.9. The lowest BCUT2D eigenvalue weighted by Crippen LogP contribution is -2.27. The number of ketones is 2. The van der Waals surface area contributed by atoms with Crippen LogP contribution in [0.4, 0.5) is 16.2 Å². The fraction of sp³-hybridized carbons (Fsp3) is 0.0455. The monoisotopic (exact) mass is 468 g/mol. The van der Waals surface area contributed by atoms with E-state index in [2.05, 4.69) is 26.6 Å². The van der Waals surface area contributed by atoms with Gasteiger partial charge in [0.2, 0.25) is 0 Å². The number of hydrogen-bond donors (Lipinski definition) is 2. The van der Waals surface area contributed by atoms with E-state index in [9.17, 15) is 14.4 Å². The molecule has 1 aliphatic carbocycles. The van der Waals surface area contributed by atoms with Crippen molar-refractivity contribution in [2.75, 3.05) is 10.6 Å². The summed E-state index contributed by atoms with van der Waals surface area (Å²) in [4.78, 5) is 38.8. The van der Waals surface area contributed by atoms with Crippen LogP contribution >= 0.6 is 27.5 Å². The number of urea groups is 1. The molecule has 0 fully saturated rings. The molecule has 0 aliphatic heterocycles. The summed E-state index contributed by atoms with van der Waals surface area (Å²) in [7, 11) is 0. The molecule has 2 N–H and O–H groups in total. The van der Waals surface area contributed by atoms with Crippen LogP contribution in [0.5, 0.6) is 0 Å². The second kappa shape index (κ2) is 7.46. The van der Waals surface area contributed by atoms with Gasteiger partial charge < -0.3 is 10.6 Å². The molecule has 0 bridgehead atoms. The molecule has 7 heteroatoms. The van der Waals surface area contributed by atoms with Gasteiger partial charge in [-0.2, -0.15) is 0 Å². The zero-order valence-corrected chi connectivity index (χ0v) is 17.5. The molecule has 29 heavy (non-hydrogen) atoms. The van der Waals surface area contributed by atoms with Gasteiger partial charge in [-0.15, -0.1) is 0 Å². The molecule has 0 aromatic heterocycles. The Morgan fingerprint density at radius 1 is 0.897 bits per heavy atom. The number of halogens is 2. The first-order valence-electron chi connectivity index (χ1n) is 8.72. The van der Waals surface area contributed by atoms with E-state index in [1.54, 1.807) is 61.5 Å². The van der Waals surface area contributed by atoms with Gasteiger partial charge in [0.15, 0.2) is 11.6 Å². The van der Waals surface area contributed by atoms with E-state index < -0.39 is 6.03 Å². The number of amides is 2. The minimum atomic E-state index is -0.529. The molecule has 2 amide bonds. The summed E-state index contributed by atoms with van der Waals surface area (Å²) in [6.07, 6.45) is 0. The van der Waals surface area contributed by atoms with Crippen LogP contribution in [-0.2, 0) is 0 Å². The maximum Gasteiger partial charge on any atom is 0.323 e. The first-order valence-corrected chi connectivity index (χ1v) is 9.89. The summed E-state index contributed by atoms with van der Waals surface area (Å²) in [5, 5.41) is 5.98. The third-order valence-corrected chi connectivity index (χ3v) is 5.56. The number of fused-ring (bicyclic) bond motifs is 2. The lowest BCUT2D eigenvalue weighted by molar-refractivity contribution is 0.0979. The molecule has 1 aliphatic rings. The summed E-state index contributed by atoms with van der Waals surface area (Å²) in [5.74, 6) is -0.565. The largest absolute Gasteiger partial charge is 0.323 e. The SMILES string of the molecule is Cc1cc(Br)c2c(c1NC(=O)Nc1ccc(Cl)cc1)C(=O)c1ccccc1C2=O. The zero-order valence-electron chi connectivity index (χ0n) is 15.2. The van der Waals surface area contributed by atoms with Gasteiger partial charge in [-0.1, -0.05) is 35.9 Å². The highest BCUT2D eigenvalue weighted by Crippen LogP contribution is 2.38. The molecule has 0 saturated carbocycles. The Morgan fingerprint density at radius 3 is 2.10 bits per heavy atom. The number of nitrogens with one attached hydrogen (secondary N) is 2. The lowest BCUT2D eigenvalue weighted by atomic mass is 9.82. The molecule has 0 saturated heterocycles. The first kappa shape index (κ1) is 19.4. The van der Waals surface area contributed by atoms with Crippen molar-refractivity contribution in [3.8, 4) is 0 Å². The molecule has 0 spiro atoms. The van der Waals surface area contributed by atoms with Crippen LogP contribution < -0.4 is 10.6 Å². The van der Waals surface area contributed by atoms with Crippen molar-refractivity contribution in [2.45, 2.75) is 6.92 Å². The van der Waals surface area contributed by atoms with E-state index in [0.717, 1.165) is 0 Å². The van der Waals surface area contributed by atoms with Crippen molar-refractivity contribution >= 4 is 56.5 Å². The molecular weight excluding hydrogens is 456 g/mol. The number of aryl methyl sites for hydroxylation is 1. The molecule has 3 aromatic carbocycles. The number of benzene rings is 3. The topological polar surface area (TPSA) is 75.3 Å². The summed E-state index contributed by atoms with van der Waals surface area (Å²) < 4.78 is 0.515. The Bertz CT molecular complexity index is 1190. The Labute approximate surface area is 180 Å². The molecule has 5 nitrogen and oxygen atoms in total. The zero-order chi connectivity index (χ0) is 20.7. The van der Waals surface area contributed by atoms with Crippen LogP contribution in [0, 0.1) is 6.92 Å². The van der Waals surface area contributed by atoms with Crippen molar-refractivity contribution < 1.29 is 14.4 Å². The van der Waals surface area contributed by atoms with E-state index in [1.807, 2.05) is 0 Å². The molecular formula is C22H14BrClN2O3. The third-order valence-electron chi connectivity index (χ3n) is 4.69. The average Bonchev–Trinajstić information content (AvgIpc) is 2.70. The second-order valence-electron chi connectivity index (χ2n) is 6.59. The van der Waals surface area contributed by atoms with Crippen molar-refractivity contribution in [2.24, 2.45) is 0 Å². The van der Waals surface area contributed by atoms with Crippen LogP contribution in [0.25, 0.3) is 0 Å². The molecule has 144 valence electrons. The number of carbonyl (C=O) groups excluding carboxylic acids is 3. The maximum absolute atomic E-state index is 13.2. The van der Waals surface area contributed by atoms with Crippen LogP contribution in [0.1, 0.15) is 37.4 Å². The first-order chi connectivity index (χ1) is 13.9. The molecule has 0 unspecified atom stereocenters. The molecule has 0 radical (unpaired) electrons. The number of carbonyl (C=O) groups is 3. The van der Waals surface area contributed by atoms with E-state index in [1.165, 1.54) is 0 Å². The van der Waals surface area contributed by atoms with Crippen LogP contribution in [0.3, 0.4) is 0 Å². The summed E-state index contributed by atoms with van der Waals surface area (Å²) in [5.41, 5.74) is 2.62. The highest BCUT2D eigenvalue weighted by molar-refractivity contribution is 9.10. The number of hydrogen-bond acceptors (Lipinski definition) is 3. The van der Waals surface area contributed by atoms with Crippen molar-refractivity contribution in [3.63, 3.8) is 0 Å². The molecule has 3 aromatic rings. The predicted molar refractivity (Wildman–Crippen MR) is 116 cm³/mol. The van der Waals surface area contributed by atoms with E-state index >= 15 is 0 Å². The van der Waals surface area contributed by atoms with Gasteiger partial charge in [-0.25, -0.2) is 4.79 Å². The average molecular weight is 470 g/mol. The number of rotatable bonds is 2. The fourth-order valence-corrected chi connectivity index (χ4v) is 4.19. The fourth-order valence-electron chi connectivity index (χ4n) is 3.34. The van der Waals surface area contributed by atoms with Gasteiger partial charge in [0.25, 0.3) is 0 Å². The smallest absolute Gasteiger partial charge is 0.308 e. The quantitative estimate of drug-likeness (QED) is 0.388. The summed E-state index contributed by atoms with van der Waals surface area (Å²) in [6.45, 7) is 1.77. The second-order valence-corrected chi connectivity index (χ2v) is 7.88. The predicted octanol–water partition coefficient (Wildman–Crippen LogP) is 5.83. The molecule has 4 rings (SSSR count). The number of anilines is 2. The Morgan fingerprint density at radius 2 is 1.48 bits per heavy atom. The lowest BCUT2D eigenvalue weighted by Gasteiger charge is -2.23. The third kappa shape index (κ3) is 3.45. The van der Waals surface area contributed by atoms with Gasteiger partial charge in [0.1, 0.15) is 0 Å². The Kier molecular flexibility index (Phi) is 4.98. The van der Waals surface area contributed by atoms with Crippen LogP contribution in [-0.4, -0.2) is 17.6 Å². The molecule has 0 atom stereocenters. The summed E-state index contributed by atoms with van der Waals surface area (Å²) in [6, 6.07) is 14.5. The standard InChI is InChI=1S/C22H14BrClN2O3/c1-11-10-16(23)17-18(21(28)15-5-3-2-4-14(15)20(17)27)19(11)26-22(29)25-13-8-6-12(24)7-9-13/h2-10H,1H3,(H2,25,26,29). The Balaban J connectivity index is 1.75. The van der Waals surface area contributed by atoms with Gasteiger partial charge in [-0.3, -0.25) is 9.59 Å². The van der Waals surface area contributed by atoms with Gasteiger partial charge in [-0.05, 0) is 58.7 Å². The van der Waals surface area contributed by atoms with Crippen LogP contribution in [0.15, 0.2) is 59.1 Å². The van der Waals surface area contributed by atoms with Crippen molar-refractivity contribution in [3.05, 3.63) is 91.9 Å². The van der Waals surface area contributed by atoms with E-state index in [-0.39, 0.29) is 22.7 Å².